The van der Waals surface area contributed by atoms with Gasteiger partial charge in [0, 0.05) is 124 Å². The molecule has 0 aromatic carbocycles. The number of halogens is 6. The molecule has 3 aliphatic heterocycles. The highest BCUT2D eigenvalue weighted by Gasteiger charge is 2.52. The largest absolute Gasteiger partial charge is 0.496 e. The van der Waals surface area contributed by atoms with Gasteiger partial charge < -0.3 is 44.4 Å². The van der Waals surface area contributed by atoms with E-state index in [1.807, 2.05) is 33.8 Å². The van der Waals surface area contributed by atoms with E-state index in [1.165, 1.54) is 98.9 Å². The fraction of sp³-hybridized carbons (Fsp3) is 0.304. The van der Waals surface area contributed by atoms with E-state index < -0.39 is 58.5 Å². The van der Waals surface area contributed by atoms with Crippen molar-refractivity contribution in [2.45, 2.75) is 38.9 Å². The molecule has 9 aromatic heterocycles. The lowest BCUT2D eigenvalue weighted by Crippen LogP contribution is -2.43. The summed E-state index contributed by atoms with van der Waals surface area (Å²) in [7, 11) is 3.42. The summed E-state index contributed by atoms with van der Waals surface area (Å²) in [6, 6.07) is 16.4. The molecule has 21 nitrogen and oxygen atoms in total. The van der Waals surface area contributed by atoms with Gasteiger partial charge in [0.1, 0.15) is 33.7 Å². The molecule has 9 aromatic rings. The van der Waals surface area contributed by atoms with Gasteiger partial charge in [0.05, 0.1) is 49.6 Å². The van der Waals surface area contributed by atoms with E-state index in [2.05, 4.69) is 50.8 Å². The van der Waals surface area contributed by atoms with E-state index in [0.717, 1.165) is 85.3 Å². The maximum atomic E-state index is 13.9. The minimum absolute atomic E-state index is 0.0322. The number of nitrogens with one attached hydrogen (secondary N) is 3. The predicted octanol–water partition coefficient (Wildman–Crippen LogP) is 5.55. The van der Waals surface area contributed by atoms with Crippen molar-refractivity contribution in [2.24, 2.45) is 0 Å². The van der Waals surface area contributed by atoms with Crippen LogP contribution in [-0.2, 0) is 9.31 Å². The molecule has 12 rings (SSSR count). The van der Waals surface area contributed by atoms with Crippen molar-refractivity contribution in [2.75, 3.05) is 78.6 Å². The molecule has 12 heterocycles. The van der Waals surface area contributed by atoms with Crippen LogP contribution in [-0.4, -0.2) is 135 Å². The summed E-state index contributed by atoms with van der Waals surface area (Å²) >= 11 is 5.55. The molecule has 0 aliphatic carbocycles. The maximum absolute atomic E-state index is 13.9. The third-order valence-electron chi connectivity index (χ3n) is 13.4. The van der Waals surface area contributed by atoms with Crippen LogP contribution in [0.4, 0.5) is 27.6 Å². The van der Waals surface area contributed by atoms with Crippen LogP contribution in [0.2, 0.25) is 5.15 Å². The van der Waals surface area contributed by atoms with Crippen molar-refractivity contribution >= 4 is 46.8 Å². The van der Waals surface area contributed by atoms with E-state index in [0.29, 0.717) is 33.6 Å². The van der Waals surface area contributed by atoms with E-state index in [-0.39, 0.29) is 39.7 Å². The molecule has 0 amide bonds. The second kappa shape index (κ2) is 27.3. The number of ether oxygens (including phenoxy) is 3. The quantitative estimate of drug-likeness (QED) is 0.101. The Morgan fingerprint density at radius 2 is 0.929 bits per heavy atom. The first-order valence-electron chi connectivity index (χ1n) is 26.1. The van der Waals surface area contributed by atoms with E-state index in [9.17, 15) is 36.3 Å². The van der Waals surface area contributed by atoms with Crippen LogP contribution in [0.25, 0.3) is 39.5 Å². The van der Waals surface area contributed by atoms with Gasteiger partial charge in [-0.3, -0.25) is 27.6 Å². The summed E-state index contributed by atoms with van der Waals surface area (Å²) in [5.41, 5.74) is 2.02. The van der Waals surface area contributed by atoms with Crippen molar-refractivity contribution in [3.05, 3.63) is 175 Å². The van der Waals surface area contributed by atoms with E-state index in [1.54, 1.807) is 12.3 Å². The third kappa shape index (κ3) is 15.0. The van der Waals surface area contributed by atoms with Crippen LogP contribution in [0.1, 0.15) is 27.7 Å². The Hall–Kier alpha value is -8.47. The number of rotatable bonds is 7. The average Bonchev–Trinajstić information content (AvgIpc) is 3.60. The molecule has 440 valence electrons. The second-order valence-electron chi connectivity index (χ2n) is 19.7. The third-order valence-corrected chi connectivity index (χ3v) is 13.6. The molecule has 0 saturated carbocycles. The molecule has 28 heteroatoms. The van der Waals surface area contributed by atoms with Crippen LogP contribution in [0.15, 0.2) is 124 Å². The lowest BCUT2D eigenvalue weighted by atomic mass is 9.80. The summed E-state index contributed by atoms with van der Waals surface area (Å²) in [6.45, 7) is 16.0. The van der Waals surface area contributed by atoms with Crippen molar-refractivity contribution in [3.8, 4) is 40.2 Å². The van der Waals surface area contributed by atoms with E-state index in [4.69, 9.17) is 35.1 Å². The molecule has 3 fully saturated rings. The molecular weight excluding hydrogens is 1120 g/mol. The van der Waals surface area contributed by atoms with Crippen LogP contribution in [0, 0.1) is 29.1 Å². The van der Waals surface area contributed by atoms with Gasteiger partial charge in [-0.1, -0.05) is 11.6 Å². The van der Waals surface area contributed by atoms with Crippen molar-refractivity contribution in [1.82, 2.24) is 59.1 Å². The van der Waals surface area contributed by atoms with Gasteiger partial charge in [0.15, 0.2) is 17.5 Å². The fourth-order valence-electron chi connectivity index (χ4n) is 8.36. The van der Waals surface area contributed by atoms with Gasteiger partial charge in [0.2, 0.25) is 17.6 Å². The number of hydrogen-bond acceptors (Lipinski definition) is 18. The molecule has 0 spiro atoms. The average molecular weight is 1180 g/mol. The van der Waals surface area contributed by atoms with Gasteiger partial charge in [-0.15, -0.1) is 0 Å². The molecule has 3 aliphatic rings. The zero-order valence-corrected chi connectivity index (χ0v) is 47.4. The van der Waals surface area contributed by atoms with Crippen molar-refractivity contribution in [1.29, 1.82) is 0 Å². The first-order valence-corrected chi connectivity index (χ1v) is 26.4. The van der Waals surface area contributed by atoms with Gasteiger partial charge >= 0.3 is 7.12 Å². The summed E-state index contributed by atoms with van der Waals surface area (Å²) in [5, 5.41) is 9.86. The minimum Gasteiger partial charge on any atom is -0.479 e. The fourth-order valence-corrected chi connectivity index (χ4v) is 8.54. The van der Waals surface area contributed by atoms with Crippen LogP contribution >= 0.6 is 11.6 Å². The van der Waals surface area contributed by atoms with Gasteiger partial charge in [0.25, 0.3) is 16.7 Å². The Bertz CT molecular complexity index is 3960. The Morgan fingerprint density at radius 3 is 1.37 bits per heavy atom. The van der Waals surface area contributed by atoms with Gasteiger partial charge in [-0.25, -0.2) is 51.9 Å². The summed E-state index contributed by atoms with van der Waals surface area (Å²) in [5.74, 6) is -3.07. The van der Waals surface area contributed by atoms with Crippen LogP contribution < -0.4 is 57.2 Å². The number of anilines is 1. The Morgan fingerprint density at radius 1 is 0.524 bits per heavy atom. The number of hydrogen-bond donors (Lipinski definition) is 3. The van der Waals surface area contributed by atoms with E-state index >= 15 is 0 Å². The number of fused-ring (bicyclic) bond motifs is 3. The lowest BCUT2D eigenvalue weighted by molar-refractivity contribution is 0.00578. The highest BCUT2D eigenvalue weighted by Crippen LogP contribution is 2.36. The van der Waals surface area contributed by atoms with Gasteiger partial charge in [-0.2, -0.15) is 0 Å². The highest BCUT2D eigenvalue weighted by molar-refractivity contribution is 6.62. The monoisotopic (exact) mass is 1180 g/mol. The Balaban J connectivity index is 0.000000144. The van der Waals surface area contributed by atoms with Crippen LogP contribution in [0.3, 0.4) is 0 Å². The topological polar surface area (TPSA) is 227 Å². The standard InChI is InChI=1S/C18H18FN5O2.C14H9F2N3O2.C12H17BFNO3.C8H4ClFN2O.C4H10N2/c1-26-18-14(19)8-12(10-21-18)15-9-17(25)24-11-13(2-3-16(24)22-15)23-6-4-20-5-7-23;1-21-14-10(16)4-8(6-17-14)11-5-13(20)19-7-9(15)2-3-12(19)18-11;1-11(2)12(3,4)18-13(17-11)8-6-9(14)10(16-5)15-7-8;9-6-3-8(13)12-4-5(10)1-2-7(12)11-6;1-2-6-4-3-5-1/h2-3,8-11,20H,4-7H2,1H3;2-7H,1H3;6-7H,1-5H3;1-4H;5-6H,1-4H2. The Labute approximate surface area is 482 Å². The summed E-state index contributed by atoms with van der Waals surface area (Å²) < 4.78 is 96.6. The molecule has 84 heavy (non-hydrogen) atoms. The summed E-state index contributed by atoms with van der Waals surface area (Å²) in [6.07, 6.45) is 8.21. The smallest absolute Gasteiger partial charge is 0.479 e. The zero-order valence-electron chi connectivity index (χ0n) is 46.6. The first-order chi connectivity index (χ1) is 40.2. The maximum Gasteiger partial charge on any atom is 0.496 e. The molecule has 3 N–H and O–H groups in total. The highest BCUT2D eigenvalue weighted by atomic mass is 35.5. The molecule has 0 unspecified atom stereocenters. The SMILES string of the molecule is C1CNCCN1.COc1ncc(-c2cc(=O)n3cc(F)ccc3n2)cc1F.COc1ncc(-c2cc(=O)n3cc(N4CCNCC4)ccc3n2)cc1F.COc1ncc(B2OC(C)(C)C(C)(C)O2)cc1F.O=c1cc(Cl)nc2ccc(F)cn12. The zero-order chi connectivity index (χ0) is 60.3. The molecule has 0 bridgehead atoms. The number of nitrogens with zero attached hydrogens (tertiary/aromatic N) is 10. The summed E-state index contributed by atoms with van der Waals surface area (Å²) in [4.78, 5) is 62.0. The number of piperazine rings is 2. The molecule has 3 saturated heterocycles. The van der Waals surface area contributed by atoms with Crippen molar-refractivity contribution in [3.63, 3.8) is 0 Å². The molecular formula is C56H58BClF5N13O8. The predicted molar refractivity (Wildman–Crippen MR) is 306 cm³/mol. The second-order valence-corrected chi connectivity index (χ2v) is 20.0. The molecule has 0 atom stereocenters. The lowest BCUT2D eigenvalue weighted by Gasteiger charge is -2.32. The number of aromatic nitrogens is 9. The number of pyridine rings is 6. The Kier molecular flexibility index (Phi) is 20.0. The normalized spacial score (nSPS) is 15.1. The van der Waals surface area contributed by atoms with Gasteiger partial charge in [-0.05, 0) is 82.3 Å². The van der Waals surface area contributed by atoms with Crippen molar-refractivity contribution < 1.29 is 45.5 Å². The minimum atomic E-state index is -0.656. The number of methoxy groups -OCH3 is 3. The first kappa shape index (κ1) is 61.6. The van der Waals surface area contributed by atoms with Crippen LogP contribution in [0.5, 0.6) is 17.6 Å². The molecule has 0 radical (unpaired) electrons.